The summed E-state index contributed by atoms with van der Waals surface area (Å²) in [7, 11) is 0. The molecule has 0 bridgehead atoms. The highest BCUT2D eigenvalue weighted by molar-refractivity contribution is 5.70. The number of ether oxygens (including phenoxy) is 1. The number of nitrogens with zero attached hydrogens (tertiary/aromatic N) is 3. The van der Waals surface area contributed by atoms with Gasteiger partial charge in [0.1, 0.15) is 11.9 Å². The zero-order valence-corrected chi connectivity index (χ0v) is 8.66. The Bertz CT molecular complexity index is 275. The molecule has 0 aromatic rings. The number of aliphatic hydroxyl groups is 1. The second-order valence-corrected chi connectivity index (χ2v) is 2.79. The van der Waals surface area contributed by atoms with Crippen molar-refractivity contribution in [2.45, 2.75) is 25.7 Å². The zero-order chi connectivity index (χ0) is 12.2. The van der Waals surface area contributed by atoms with Gasteiger partial charge in [-0.1, -0.05) is 0 Å². The van der Waals surface area contributed by atoms with Crippen LogP contribution in [0.15, 0.2) is 5.28 Å². The van der Waals surface area contributed by atoms with Crippen LogP contribution in [0.25, 0.3) is 10.4 Å². The highest BCUT2D eigenvalue weighted by Crippen LogP contribution is 2.02. The Balaban J connectivity index is 3.41. The van der Waals surface area contributed by atoms with Crippen molar-refractivity contribution >= 4 is 11.9 Å². The summed E-state index contributed by atoms with van der Waals surface area (Å²) in [5.74, 6) is -1.06. The molecule has 0 atom stereocenters. The molecular formula is C8H13N3O5. The monoisotopic (exact) mass is 231 g/mol. The Morgan fingerprint density at radius 3 is 2.44 bits per heavy atom. The maximum atomic E-state index is 10.9. The molecule has 0 unspecified atom stereocenters. The molecule has 0 aliphatic heterocycles. The number of azide groups is 1. The molecule has 0 spiro atoms. The van der Waals surface area contributed by atoms with Crippen LogP contribution in [0.4, 0.5) is 0 Å². The summed E-state index contributed by atoms with van der Waals surface area (Å²) in [5, 5.41) is 11.0. The van der Waals surface area contributed by atoms with Crippen LogP contribution in [0, 0.1) is 0 Å². The van der Waals surface area contributed by atoms with Crippen molar-refractivity contribution in [2.75, 3.05) is 13.2 Å². The molecule has 0 aliphatic rings. The first-order valence-electron chi connectivity index (χ1n) is 4.71. The molecule has 0 heterocycles. The second kappa shape index (κ2) is 9.75. The number of rotatable bonds is 8. The molecule has 16 heavy (non-hydrogen) atoms. The van der Waals surface area contributed by atoms with Crippen LogP contribution in [0.2, 0.25) is 0 Å². The van der Waals surface area contributed by atoms with Gasteiger partial charge in [-0.3, -0.25) is 9.59 Å². The minimum Gasteiger partial charge on any atom is -0.463 e. The summed E-state index contributed by atoms with van der Waals surface area (Å²) in [6, 6.07) is 0. The summed E-state index contributed by atoms with van der Waals surface area (Å²) in [6.45, 7) is -0.220. The van der Waals surface area contributed by atoms with Crippen molar-refractivity contribution < 1.29 is 24.3 Å². The van der Waals surface area contributed by atoms with Gasteiger partial charge in [0.2, 0.25) is 0 Å². The normalized spacial score (nSPS) is 9.06. The molecule has 8 heteroatoms. The van der Waals surface area contributed by atoms with Crippen LogP contribution in [0.5, 0.6) is 0 Å². The van der Waals surface area contributed by atoms with Crippen molar-refractivity contribution in [3.63, 3.8) is 0 Å². The Kier molecular flexibility index (Phi) is 8.66. The van der Waals surface area contributed by atoms with Crippen LogP contribution in [0.3, 0.4) is 0 Å². The maximum absolute atomic E-state index is 10.9. The molecule has 0 fully saturated rings. The fourth-order valence-electron chi connectivity index (χ4n) is 0.880. The number of unbranched alkanes of at least 4 members (excludes halogenated alkanes) is 1. The third-order valence-corrected chi connectivity index (χ3v) is 1.55. The van der Waals surface area contributed by atoms with Gasteiger partial charge in [-0.25, -0.2) is 0 Å². The van der Waals surface area contributed by atoms with Gasteiger partial charge in [0.05, 0.1) is 6.61 Å². The summed E-state index contributed by atoms with van der Waals surface area (Å²) >= 11 is 0. The second-order valence-electron chi connectivity index (χ2n) is 2.79. The van der Waals surface area contributed by atoms with Gasteiger partial charge in [-0.15, -0.1) is 0 Å². The van der Waals surface area contributed by atoms with E-state index in [2.05, 4.69) is 19.8 Å². The lowest BCUT2D eigenvalue weighted by atomic mass is 10.2. The van der Waals surface area contributed by atoms with Gasteiger partial charge in [0.15, 0.2) is 0 Å². The van der Waals surface area contributed by atoms with Crippen LogP contribution < -0.4 is 0 Å². The Morgan fingerprint density at radius 1 is 1.25 bits per heavy atom. The van der Waals surface area contributed by atoms with Gasteiger partial charge in [0.25, 0.3) is 0 Å². The number of carbonyl (C=O) groups is 2. The third-order valence-electron chi connectivity index (χ3n) is 1.55. The van der Waals surface area contributed by atoms with Crippen LogP contribution in [-0.2, 0) is 19.2 Å². The highest BCUT2D eigenvalue weighted by Gasteiger charge is 2.05. The molecular weight excluding hydrogens is 218 g/mol. The number of carbonyl (C=O) groups excluding carboxylic acids is 2. The predicted molar refractivity (Wildman–Crippen MR) is 51.8 cm³/mol. The van der Waals surface area contributed by atoms with E-state index in [9.17, 15) is 9.59 Å². The third kappa shape index (κ3) is 8.79. The quantitative estimate of drug-likeness (QED) is 0.166. The number of hydrogen-bond donors (Lipinski definition) is 1. The molecule has 0 aromatic carbocycles. The lowest BCUT2D eigenvalue weighted by Gasteiger charge is -2.01. The molecule has 0 rings (SSSR count). The Hall–Kier alpha value is -1.79. The standard InChI is InChI=1S/C8H13N3O5/c9-10-11-16-8(14)4-2-1-3-7(13)15-6-5-12/h12H,1-6H2. The lowest BCUT2D eigenvalue weighted by molar-refractivity contribution is -0.146. The minimum absolute atomic E-state index is 0.0161. The molecule has 8 nitrogen and oxygen atoms in total. The molecule has 0 amide bonds. The van der Waals surface area contributed by atoms with E-state index in [-0.39, 0.29) is 26.1 Å². The van der Waals surface area contributed by atoms with Gasteiger partial charge in [-0.05, 0) is 18.4 Å². The molecule has 0 radical (unpaired) electrons. The van der Waals surface area contributed by atoms with E-state index in [0.717, 1.165) is 0 Å². The first-order chi connectivity index (χ1) is 7.70. The van der Waals surface area contributed by atoms with Gasteiger partial charge >= 0.3 is 11.9 Å². The summed E-state index contributed by atoms with van der Waals surface area (Å²) < 4.78 is 4.59. The smallest absolute Gasteiger partial charge is 0.317 e. The number of hydrogen-bond acceptors (Lipinski definition) is 6. The summed E-state index contributed by atoms with van der Waals surface area (Å²) in [4.78, 5) is 28.0. The van der Waals surface area contributed by atoms with Gasteiger partial charge in [0, 0.05) is 17.8 Å². The van der Waals surface area contributed by atoms with E-state index in [4.69, 9.17) is 10.6 Å². The number of esters is 1. The van der Waals surface area contributed by atoms with E-state index in [1.807, 2.05) is 0 Å². The van der Waals surface area contributed by atoms with E-state index >= 15 is 0 Å². The maximum Gasteiger partial charge on any atom is 0.317 e. The van der Waals surface area contributed by atoms with Gasteiger partial charge < -0.3 is 14.7 Å². The topological polar surface area (TPSA) is 122 Å². The highest BCUT2D eigenvalue weighted by atomic mass is 16.7. The van der Waals surface area contributed by atoms with E-state index < -0.39 is 11.9 Å². The minimum atomic E-state index is -0.637. The van der Waals surface area contributed by atoms with Crippen LogP contribution in [0.1, 0.15) is 25.7 Å². The lowest BCUT2D eigenvalue weighted by Crippen LogP contribution is -2.08. The van der Waals surface area contributed by atoms with Gasteiger partial charge in [-0.2, -0.15) is 0 Å². The SMILES string of the molecule is [N-]=[N+]=NOC(=O)CCCCC(=O)OCCO. The van der Waals surface area contributed by atoms with E-state index in [1.54, 1.807) is 0 Å². The summed E-state index contributed by atoms with van der Waals surface area (Å²) in [6.07, 6.45) is 1.16. The number of aliphatic hydroxyl groups excluding tert-OH is 1. The molecule has 0 saturated heterocycles. The first kappa shape index (κ1) is 14.2. The van der Waals surface area contributed by atoms with E-state index in [0.29, 0.717) is 12.8 Å². The fourth-order valence-corrected chi connectivity index (χ4v) is 0.880. The molecule has 0 aromatic heterocycles. The average Bonchev–Trinajstić information content (AvgIpc) is 2.29. The average molecular weight is 231 g/mol. The zero-order valence-electron chi connectivity index (χ0n) is 8.66. The molecule has 90 valence electrons. The predicted octanol–water partition coefficient (Wildman–Crippen LogP) is 0.851. The van der Waals surface area contributed by atoms with E-state index in [1.165, 1.54) is 0 Å². The Morgan fingerprint density at radius 2 is 1.88 bits per heavy atom. The summed E-state index contributed by atoms with van der Waals surface area (Å²) in [5.41, 5.74) is 7.84. The van der Waals surface area contributed by atoms with Crippen LogP contribution >= 0.6 is 0 Å². The largest absolute Gasteiger partial charge is 0.463 e. The van der Waals surface area contributed by atoms with Crippen molar-refractivity contribution in [2.24, 2.45) is 5.28 Å². The van der Waals surface area contributed by atoms with Crippen LogP contribution in [-0.4, -0.2) is 30.3 Å². The molecule has 1 N–H and O–H groups in total. The van der Waals surface area contributed by atoms with Crippen molar-refractivity contribution in [3.8, 4) is 0 Å². The Labute approximate surface area is 91.7 Å². The van der Waals surface area contributed by atoms with Crippen molar-refractivity contribution in [1.29, 1.82) is 0 Å². The molecule has 0 saturated carbocycles. The fraction of sp³-hybridized carbons (Fsp3) is 0.750. The van der Waals surface area contributed by atoms with Crippen molar-refractivity contribution in [1.82, 2.24) is 0 Å². The molecule has 0 aliphatic carbocycles. The first-order valence-corrected chi connectivity index (χ1v) is 4.71. The van der Waals surface area contributed by atoms with Crippen molar-refractivity contribution in [3.05, 3.63) is 10.4 Å².